The zero-order valence-corrected chi connectivity index (χ0v) is 8.99. The number of hydrogen-bond acceptors (Lipinski definition) is 3. The topological polar surface area (TPSA) is 39.4 Å². The van der Waals surface area contributed by atoms with E-state index in [0.717, 1.165) is 12.8 Å². The molecule has 0 amide bonds. The van der Waals surface area contributed by atoms with Gasteiger partial charge < -0.3 is 9.15 Å². The van der Waals surface area contributed by atoms with Gasteiger partial charge >= 0.3 is 5.97 Å². The van der Waals surface area contributed by atoms with Crippen molar-refractivity contribution in [3.05, 3.63) is 30.2 Å². The highest BCUT2D eigenvalue weighted by Crippen LogP contribution is 2.10. The Balaban J connectivity index is 2.30. The van der Waals surface area contributed by atoms with E-state index in [2.05, 4.69) is 6.58 Å². The highest BCUT2D eigenvalue weighted by molar-refractivity contribution is 5.69. The Labute approximate surface area is 89.7 Å². The Morgan fingerprint density at radius 1 is 1.60 bits per heavy atom. The van der Waals surface area contributed by atoms with Crippen LogP contribution in [0, 0.1) is 0 Å². The van der Waals surface area contributed by atoms with E-state index < -0.39 is 0 Å². The van der Waals surface area contributed by atoms with E-state index in [0.29, 0.717) is 17.9 Å². The maximum atomic E-state index is 11.2. The van der Waals surface area contributed by atoms with E-state index in [1.54, 1.807) is 18.2 Å². The highest BCUT2D eigenvalue weighted by atomic mass is 16.5. The molecule has 1 aromatic rings. The Morgan fingerprint density at radius 3 is 3.00 bits per heavy atom. The summed E-state index contributed by atoms with van der Waals surface area (Å²) in [5, 5.41) is 0. The summed E-state index contributed by atoms with van der Waals surface area (Å²) < 4.78 is 10.3. The van der Waals surface area contributed by atoms with Crippen LogP contribution in [-0.4, -0.2) is 5.97 Å². The third-order valence-corrected chi connectivity index (χ3v) is 1.99. The molecule has 0 radical (unpaired) electrons. The molecule has 1 aromatic heterocycles. The first kappa shape index (κ1) is 11.6. The van der Waals surface area contributed by atoms with Crippen LogP contribution in [0.3, 0.4) is 0 Å². The third kappa shape index (κ3) is 4.02. The minimum atomic E-state index is -0.173. The van der Waals surface area contributed by atoms with Gasteiger partial charge in [-0.1, -0.05) is 19.9 Å². The van der Waals surface area contributed by atoms with Gasteiger partial charge in [-0.25, -0.2) is 0 Å². The van der Waals surface area contributed by atoms with E-state index in [-0.39, 0.29) is 12.6 Å². The fraction of sp³-hybridized carbons (Fsp3) is 0.417. The maximum absolute atomic E-state index is 11.2. The molecule has 3 nitrogen and oxygen atoms in total. The van der Waals surface area contributed by atoms with Gasteiger partial charge in [0.1, 0.15) is 18.1 Å². The Morgan fingerprint density at radius 2 is 2.40 bits per heavy atom. The van der Waals surface area contributed by atoms with Gasteiger partial charge in [0.15, 0.2) is 0 Å². The molecule has 82 valence electrons. The van der Waals surface area contributed by atoms with Crippen molar-refractivity contribution in [1.82, 2.24) is 0 Å². The average Bonchev–Trinajstić information content (AvgIpc) is 2.71. The second kappa shape index (κ2) is 6.06. The van der Waals surface area contributed by atoms with E-state index in [4.69, 9.17) is 9.15 Å². The first-order valence-corrected chi connectivity index (χ1v) is 5.13. The van der Waals surface area contributed by atoms with Crippen LogP contribution in [0.2, 0.25) is 0 Å². The lowest BCUT2D eigenvalue weighted by molar-refractivity contribution is -0.145. The molecule has 0 atom stereocenters. The predicted octanol–water partition coefficient (Wildman–Crippen LogP) is 3.16. The number of carbonyl (C=O) groups excluding carboxylic acids is 1. The first-order chi connectivity index (χ1) is 7.26. The lowest BCUT2D eigenvalue weighted by Crippen LogP contribution is -2.03. The number of rotatable bonds is 6. The molecule has 0 saturated heterocycles. The number of unbranched alkanes of at least 4 members (excludes halogenated alkanes) is 1. The van der Waals surface area contributed by atoms with Crippen LogP contribution in [-0.2, 0) is 16.1 Å². The molecule has 0 aromatic carbocycles. The van der Waals surface area contributed by atoms with E-state index >= 15 is 0 Å². The molecule has 0 aliphatic rings. The molecular weight excluding hydrogens is 192 g/mol. The van der Waals surface area contributed by atoms with Gasteiger partial charge in [-0.2, -0.15) is 0 Å². The van der Waals surface area contributed by atoms with Crippen molar-refractivity contribution in [1.29, 1.82) is 0 Å². The summed E-state index contributed by atoms with van der Waals surface area (Å²) in [5.74, 6) is 1.16. The largest absolute Gasteiger partial charge is 0.458 e. The van der Waals surface area contributed by atoms with Gasteiger partial charge in [0.05, 0.1) is 0 Å². The Hall–Kier alpha value is -1.51. The molecule has 1 rings (SSSR count). The standard InChI is InChI=1S/C12H16O3/c1-3-5-6-12(13)14-9-11-8-7-10(4-2)15-11/h4,7-8H,2-3,5-6,9H2,1H3. The van der Waals surface area contributed by atoms with Crippen LogP contribution in [0.15, 0.2) is 23.1 Å². The number of carbonyl (C=O) groups is 1. The van der Waals surface area contributed by atoms with Gasteiger partial charge in [-0.3, -0.25) is 4.79 Å². The summed E-state index contributed by atoms with van der Waals surface area (Å²) in [6.45, 7) is 5.82. The molecule has 0 saturated carbocycles. The lowest BCUT2D eigenvalue weighted by Gasteiger charge is -2.01. The SMILES string of the molecule is C=Cc1ccc(COC(=O)CCCC)o1. The number of ether oxygens (including phenoxy) is 1. The summed E-state index contributed by atoms with van der Waals surface area (Å²) in [6, 6.07) is 3.58. The van der Waals surface area contributed by atoms with E-state index in [1.807, 2.05) is 6.92 Å². The van der Waals surface area contributed by atoms with Crippen molar-refractivity contribution in [2.75, 3.05) is 0 Å². The number of esters is 1. The first-order valence-electron chi connectivity index (χ1n) is 5.13. The fourth-order valence-corrected chi connectivity index (χ4v) is 1.13. The molecule has 0 bridgehead atoms. The van der Waals surface area contributed by atoms with Crippen LogP contribution < -0.4 is 0 Å². The molecule has 0 aliphatic heterocycles. The van der Waals surface area contributed by atoms with Gasteiger partial charge in [-0.15, -0.1) is 0 Å². The van der Waals surface area contributed by atoms with Crippen molar-refractivity contribution in [3.8, 4) is 0 Å². The normalized spacial score (nSPS) is 9.93. The van der Waals surface area contributed by atoms with Crippen molar-refractivity contribution >= 4 is 12.0 Å². The quantitative estimate of drug-likeness (QED) is 0.674. The van der Waals surface area contributed by atoms with E-state index in [1.165, 1.54) is 0 Å². The van der Waals surface area contributed by atoms with Crippen LogP contribution in [0.25, 0.3) is 6.08 Å². The molecule has 0 fully saturated rings. The van der Waals surface area contributed by atoms with Gasteiger partial charge in [0.25, 0.3) is 0 Å². The van der Waals surface area contributed by atoms with Crippen molar-refractivity contribution in [3.63, 3.8) is 0 Å². The maximum Gasteiger partial charge on any atom is 0.306 e. The summed E-state index contributed by atoms with van der Waals surface area (Å²) in [7, 11) is 0. The smallest absolute Gasteiger partial charge is 0.306 e. The second-order valence-electron chi connectivity index (χ2n) is 3.27. The molecule has 3 heteroatoms. The van der Waals surface area contributed by atoms with Crippen molar-refractivity contribution < 1.29 is 13.9 Å². The van der Waals surface area contributed by atoms with Gasteiger partial charge in [0.2, 0.25) is 0 Å². The molecule has 0 spiro atoms. The zero-order chi connectivity index (χ0) is 11.1. The molecule has 0 unspecified atom stereocenters. The summed E-state index contributed by atoms with van der Waals surface area (Å²) in [5.41, 5.74) is 0. The van der Waals surface area contributed by atoms with Crippen LogP contribution >= 0.6 is 0 Å². The van der Waals surface area contributed by atoms with Crippen molar-refractivity contribution in [2.24, 2.45) is 0 Å². The van der Waals surface area contributed by atoms with Gasteiger partial charge in [-0.05, 0) is 24.6 Å². The zero-order valence-electron chi connectivity index (χ0n) is 8.99. The summed E-state index contributed by atoms with van der Waals surface area (Å²) >= 11 is 0. The number of hydrogen-bond donors (Lipinski definition) is 0. The average molecular weight is 208 g/mol. The number of furan rings is 1. The summed E-state index contributed by atoms with van der Waals surface area (Å²) in [4.78, 5) is 11.2. The van der Waals surface area contributed by atoms with Crippen LogP contribution in [0.5, 0.6) is 0 Å². The minimum Gasteiger partial charge on any atom is -0.458 e. The predicted molar refractivity (Wildman–Crippen MR) is 58.1 cm³/mol. The minimum absolute atomic E-state index is 0.173. The molecule has 1 heterocycles. The van der Waals surface area contributed by atoms with E-state index in [9.17, 15) is 4.79 Å². The van der Waals surface area contributed by atoms with Gasteiger partial charge in [0, 0.05) is 6.42 Å². The monoisotopic (exact) mass is 208 g/mol. The molecule has 15 heavy (non-hydrogen) atoms. The Bertz CT molecular complexity index is 325. The Kier molecular flexibility index (Phi) is 4.68. The lowest BCUT2D eigenvalue weighted by atomic mass is 10.2. The second-order valence-corrected chi connectivity index (χ2v) is 3.27. The fourth-order valence-electron chi connectivity index (χ4n) is 1.13. The molecule has 0 N–H and O–H groups in total. The van der Waals surface area contributed by atoms with Crippen LogP contribution in [0.4, 0.5) is 0 Å². The highest BCUT2D eigenvalue weighted by Gasteiger charge is 2.04. The summed E-state index contributed by atoms with van der Waals surface area (Å²) in [6.07, 6.45) is 3.96. The van der Waals surface area contributed by atoms with Crippen LogP contribution in [0.1, 0.15) is 37.7 Å². The third-order valence-electron chi connectivity index (χ3n) is 1.99. The molecule has 0 aliphatic carbocycles. The molecular formula is C12H16O3. The van der Waals surface area contributed by atoms with Crippen molar-refractivity contribution in [2.45, 2.75) is 32.8 Å².